The molecular weight excluding hydrogens is 334 g/mol. The number of hydrogen-bond donors (Lipinski definition) is 1. The summed E-state index contributed by atoms with van der Waals surface area (Å²) in [6, 6.07) is 15.0. The Kier molecular flexibility index (Phi) is 5.48. The number of carbonyl (C=O) groups excluding carboxylic acids is 1. The first-order valence-corrected chi connectivity index (χ1v) is 8.09. The lowest BCUT2D eigenvalue weighted by molar-refractivity contribution is 0.0910. The lowest BCUT2D eigenvalue weighted by Crippen LogP contribution is -2.26. The van der Waals surface area contributed by atoms with Crippen LogP contribution < -0.4 is 14.8 Å². The molecule has 0 radical (unpaired) electrons. The monoisotopic (exact) mass is 353 g/mol. The van der Waals surface area contributed by atoms with Crippen LogP contribution in [0.25, 0.3) is 11.4 Å². The normalized spacial score (nSPS) is 10.4. The molecule has 3 rings (SSSR count). The topological polar surface area (TPSA) is 86.5 Å². The first kappa shape index (κ1) is 17.5. The van der Waals surface area contributed by atoms with Crippen LogP contribution in [0.15, 0.2) is 53.1 Å². The Bertz CT molecular complexity index is 878. The number of benzene rings is 2. The standard InChI is InChI=1S/C19H19N3O4/c1-24-15-9-8-13(12-16(15)25-2)10-11-20-18(23)19-21-17(22-26-19)14-6-4-3-5-7-14/h3-9,12H,10-11H2,1-2H3,(H,20,23). The SMILES string of the molecule is COc1ccc(CCNC(=O)c2nc(-c3ccccc3)no2)cc1OC. The number of carbonyl (C=O) groups is 1. The molecule has 0 aliphatic rings. The molecule has 26 heavy (non-hydrogen) atoms. The van der Waals surface area contributed by atoms with Crippen LogP contribution in [0.5, 0.6) is 11.5 Å². The molecule has 0 atom stereocenters. The van der Waals surface area contributed by atoms with Gasteiger partial charge in [-0.05, 0) is 24.1 Å². The summed E-state index contributed by atoms with van der Waals surface area (Å²) in [7, 11) is 3.18. The molecule has 134 valence electrons. The Labute approximate surface area is 150 Å². The minimum absolute atomic E-state index is 0.0591. The van der Waals surface area contributed by atoms with Crippen molar-refractivity contribution in [1.29, 1.82) is 0 Å². The molecule has 0 bridgehead atoms. The summed E-state index contributed by atoms with van der Waals surface area (Å²) in [5, 5.41) is 6.61. The molecule has 1 amide bonds. The Morgan fingerprint density at radius 1 is 1.08 bits per heavy atom. The zero-order valence-corrected chi connectivity index (χ0v) is 14.6. The van der Waals surface area contributed by atoms with Gasteiger partial charge in [-0.3, -0.25) is 4.79 Å². The zero-order chi connectivity index (χ0) is 18.4. The Morgan fingerprint density at radius 3 is 2.58 bits per heavy atom. The minimum Gasteiger partial charge on any atom is -0.493 e. The van der Waals surface area contributed by atoms with E-state index in [4.69, 9.17) is 14.0 Å². The Morgan fingerprint density at radius 2 is 1.85 bits per heavy atom. The zero-order valence-electron chi connectivity index (χ0n) is 14.6. The highest BCUT2D eigenvalue weighted by atomic mass is 16.5. The molecule has 1 heterocycles. The van der Waals surface area contributed by atoms with Crippen molar-refractivity contribution in [3.63, 3.8) is 0 Å². The minimum atomic E-state index is -0.403. The van der Waals surface area contributed by atoms with Gasteiger partial charge in [0.05, 0.1) is 14.2 Å². The van der Waals surface area contributed by atoms with Gasteiger partial charge in [0.15, 0.2) is 11.5 Å². The second-order valence-corrected chi connectivity index (χ2v) is 5.48. The summed E-state index contributed by atoms with van der Waals surface area (Å²) in [5.74, 6) is 1.24. The summed E-state index contributed by atoms with van der Waals surface area (Å²) < 4.78 is 15.5. The average Bonchev–Trinajstić information content (AvgIpc) is 3.19. The van der Waals surface area contributed by atoms with Crippen molar-refractivity contribution in [2.24, 2.45) is 0 Å². The highest BCUT2D eigenvalue weighted by molar-refractivity contribution is 5.89. The highest BCUT2D eigenvalue weighted by Gasteiger charge is 2.15. The van der Waals surface area contributed by atoms with E-state index in [1.807, 2.05) is 48.5 Å². The van der Waals surface area contributed by atoms with Crippen LogP contribution in [0.4, 0.5) is 0 Å². The molecule has 0 saturated carbocycles. The quantitative estimate of drug-likeness (QED) is 0.703. The summed E-state index contributed by atoms with van der Waals surface area (Å²) >= 11 is 0. The number of nitrogens with zero attached hydrogens (tertiary/aromatic N) is 2. The molecule has 1 N–H and O–H groups in total. The van der Waals surface area contributed by atoms with Crippen molar-refractivity contribution in [1.82, 2.24) is 15.5 Å². The predicted octanol–water partition coefficient (Wildman–Crippen LogP) is 2.73. The number of ether oxygens (including phenoxy) is 2. The lowest BCUT2D eigenvalue weighted by atomic mass is 10.1. The molecule has 0 saturated heterocycles. The van der Waals surface area contributed by atoms with E-state index in [0.29, 0.717) is 30.3 Å². The first-order valence-electron chi connectivity index (χ1n) is 8.09. The van der Waals surface area contributed by atoms with E-state index in [1.54, 1.807) is 14.2 Å². The van der Waals surface area contributed by atoms with E-state index in [-0.39, 0.29) is 5.89 Å². The van der Waals surface area contributed by atoms with Crippen molar-refractivity contribution < 1.29 is 18.8 Å². The van der Waals surface area contributed by atoms with Crippen LogP contribution in [-0.2, 0) is 6.42 Å². The van der Waals surface area contributed by atoms with E-state index in [1.165, 1.54) is 0 Å². The summed E-state index contributed by atoms with van der Waals surface area (Å²) in [5.41, 5.74) is 1.80. The molecule has 0 spiro atoms. The van der Waals surface area contributed by atoms with Crippen molar-refractivity contribution in [3.05, 3.63) is 60.0 Å². The summed E-state index contributed by atoms with van der Waals surface area (Å²) in [6.07, 6.45) is 0.631. The molecule has 0 aliphatic carbocycles. The van der Waals surface area contributed by atoms with E-state index in [0.717, 1.165) is 11.1 Å². The number of amides is 1. The van der Waals surface area contributed by atoms with Crippen LogP contribution in [0, 0.1) is 0 Å². The molecule has 1 aromatic heterocycles. The van der Waals surface area contributed by atoms with E-state index >= 15 is 0 Å². The summed E-state index contributed by atoms with van der Waals surface area (Å²) in [4.78, 5) is 16.3. The van der Waals surface area contributed by atoms with Crippen LogP contribution in [0.2, 0.25) is 0 Å². The lowest BCUT2D eigenvalue weighted by Gasteiger charge is -2.09. The molecule has 0 fully saturated rings. The van der Waals surface area contributed by atoms with E-state index in [9.17, 15) is 4.79 Å². The average molecular weight is 353 g/mol. The van der Waals surface area contributed by atoms with Gasteiger partial charge in [0.1, 0.15) is 0 Å². The number of hydrogen-bond acceptors (Lipinski definition) is 6. The predicted molar refractivity (Wildman–Crippen MR) is 95.3 cm³/mol. The van der Waals surface area contributed by atoms with Gasteiger partial charge in [0.2, 0.25) is 5.82 Å². The van der Waals surface area contributed by atoms with Crippen LogP contribution in [0.1, 0.15) is 16.2 Å². The molecule has 0 unspecified atom stereocenters. The number of rotatable bonds is 7. The van der Waals surface area contributed by atoms with Gasteiger partial charge in [-0.15, -0.1) is 0 Å². The van der Waals surface area contributed by atoms with Crippen molar-refractivity contribution >= 4 is 5.91 Å². The first-order chi connectivity index (χ1) is 12.7. The molecule has 2 aromatic carbocycles. The summed E-state index contributed by atoms with van der Waals surface area (Å²) in [6.45, 7) is 0.428. The van der Waals surface area contributed by atoms with E-state index in [2.05, 4.69) is 15.5 Å². The molecule has 7 nitrogen and oxygen atoms in total. The second kappa shape index (κ2) is 8.15. The van der Waals surface area contributed by atoms with Crippen molar-refractivity contribution in [3.8, 4) is 22.9 Å². The maximum atomic E-state index is 12.2. The van der Waals surface area contributed by atoms with Gasteiger partial charge < -0.3 is 19.3 Å². The second-order valence-electron chi connectivity index (χ2n) is 5.48. The van der Waals surface area contributed by atoms with Crippen LogP contribution >= 0.6 is 0 Å². The molecule has 0 aliphatic heterocycles. The van der Waals surface area contributed by atoms with Gasteiger partial charge >= 0.3 is 11.8 Å². The van der Waals surface area contributed by atoms with E-state index < -0.39 is 5.91 Å². The van der Waals surface area contributed by atoms with Crippen molar-refractivity contribution in [2.75, 3.05) is 20.8 Å². The number of methoxy groups -OCH3 is 2. The fourth-order valence-corrected chi connectivity index (χ4v) is 2.45. The van der Waals surface area contributed by atoms with Crippen molar-refractivity contribution in [2.45, 2.75) is 6.42 Å². The van der Waals surface area contributed by atoms with Gasteiger partial charge in [0, 0.05) is 12.1 Å². The molecule has 7 heteroatoms. The Hall–Kier alpha value is -3.35. The van der Waals surface area contributed by atoms with Crippen LogP contribution in [0.3, 0.4) is 0 Å². The van der Waals surface area contributed by atoms with Gasteiger partial charge in [-0.1, -0.05) is 41.6 Å². The highest BCUT2D eigenvalue weighted by Crippen LogP contribution is 2.27. The van der Waals surface area contributed by atoms with Crippen LogP contribution in [-0.4, -0.2) is 36.8 Å². The maximum absolute atomic E-state index is 12.2. The molecule has 3 aromatic rings. The molecular formula is C19H19N3O4. The number of aromatic nitrogens is 2. The fraction of sp³-hybridized carbons (Fsp3) is 0.211. The van der Waals surface area contributed by atoms with Gasteiger partial charge in [-0.25, -0.2) is 0 Å². The third-order valence-electron chi connectivity index (χ3n) is 3.80. The largest absolute Gasteiger partial charge is 0.493 e. The fourth-order valence-electron chi connectivity index (χ4n) is 2.45. The van der Waals surface area contributed by atoms with Gasteiger partial charge in [0.25, 0.3) is 0 Å². The third-order valence-corrected chi connectivity index (χ3v) is 3.80. The maximum Gasteiger partial charge on any atom is 0.316 e. The third kappa shape index (κ3) is 4.00. The Balaban J connectivity index is 1.57. The van der Waals surface area contributed by atoms with Gasteiger partial charge in [-0.2, -0.15) is 4.98 Å². The number of nitrogens with one attached hydrogen (secondary N) is 1. The smallest absolute Gasteiger partial charge is 0.316 e.